The van der Waals surface area contributed by atoms with Crippen molar-refractivity contribution < 1.29 is 19.0 Å². The number of carbonyl (C=O) groups is 1. The molecule has 1 N–H and O–H groups in total. The third kappa shape index (κ3) is 7.47. The summed E-state index contributed by atoms with van der Waals surface area (Å²) in [6.45, 7) is 5.17. The van der Waals surface area contributed by atoms with Crippen LogP contribution in [0.25, 0.3) is 16.8 Å². The van der Waals surface area contributed by atoms with Crippen LogP contribution in [0.15, 0.2) is 113 Å². The van der Waals surface area contributed by atoms with E-state index in [1.807, 2.05) is 55.5 Å². The Bertz CT molecular complexity index is 1840. The van der Waals surface area contributed by atoms with Crippen molar-refractivity contribution in [3.8, 4) is 23.3 Å². The fraction of sp³-hybridized carbons (Fsp3) is 0.135. The zero-order chi connectivity index (χ0) is 30.9. The molecule has 0 saturated heterocycles. The topological polar surface area (TPSA) is 80.6 Å². The van der Waals surface area contributed by atoms with E-state index in [1.165, 1.54) is 6.08 Å². The quantitative estimate of drug-likeness (QED) is 0.114. The maximum atomic E-state index is 13.0. The molecule has 44 heavy (non-hydrogen) atoms. The standard InChI is InChI=1S/C37H31BrN2O4/c1-3-42-35-21-27(20-34(38)36(35)44-24-33-25(2)13-14-28-11-7-8-12-32(28)33)19-29(22-39)37(41)40-30-15-17-31(18-16-30)43-23-26-9-5-4-6-10-26/h4-21H,3,23-24H2,1-2H3,(H,40,41)/b29-19+. The molecule has 0 atom stereocenters. The largest absolute Gasteiger partial charge is 0.490 e. The van der Waals surface area contributed by atoms with Crippen molar-refractivity contribution in [3.05, 3.63) is 135 Å². The third-order valence-electron chi connectivity index (χ3n) is 7.00. The van der Waals surface area contributed by atoms with Gasteiger partial charge in [0.1, 0.15) is 30.6 Å². The minimum absolute atomic E-state index is 0.0520. The van der Waals surface area contributed by atoms with Crippen molar-refractivity contribution in [2.75, 3.05) is 11.9 Å². The Kier molecular flexibility index (Phi) is 9.96. The molecule has 0 aliphatic carbocycles. The summed E-state index contributed by atoms with van der Waals surface area (Å²) in [4.78, 5) is 13.0. The molecule has 220 valence electrons. The van der Waals surface area contributed by atoms with Crippen LogP contribution in [0, 0.1) is 18.3 Å². The van der Waals surface area contributed by atoms with Crippen LogP contribution in [0.3, 0.4) is 0 Å². The van der Waals surface area contributed by atoms with Gasteiger partial charge in [-0.2, -0.15) is 5.26 Å². The lowest BCUT2D eigenvalue weighted by Crippen LogP contribution is -2.13. The number of nitrogens with one attached hydrogen (secondary N) is 1. The molecule has 0 aliphatic rings. The Morgan fingerprint density at radius 1 is 0.886 bits per heavy atom. The molecular weight excluding hydrogens is 616 g/mol. The molecule has 0 unspecified atom stereocenters. The summed E-state index contributed by atoms with van der Waals surface area (Å²) in [5.41, 5.74) is 4.41. The first-order valence-electron chi connectivity index (χ1n) is 14.2. The Morgan fingerprint density at radius 3 is 2.39 bits per heavy atom. The molecule has 0 radical (unpaired) electrons. The molecule has 0 saturated carbocycles. The highest BCUT2D eigenvalue weighted by Gasteiger charge is 2.16. The van der Waals surface area contributed by atoms with Crippen molar-refractivity contribution in [3.63, 3.8) is 0 Å². The van der Waals surface area contributed by atoms with Gasteiger partial charge in [-0.3, -0.25) is 4.79 Å². The van der Waals surface area contributed by atoms with Gasteiger partial charge in [0.2, 0.25) is 0 Å². The first kappa shape index (κ1) is 30.4. The monoisotopic (exact) mass is 646 g/mol. The Hall–Kier alpha value is -5.06. The summed E-state index contributed by atoms with van der Waals surface area (Å²) < 4.78 is 18.7. The number of halogens is 1. The highest BCUT2D eigenvalue weighted by atomic mass is 79.9. The minimum Gasteiger partial charge on any atom is -0.490 e. The highest BCUT2D eigenvalue weighted by Crippen LogP contribution is 2.39. The predicted octanol–water partition coefficient (Wildman–Crippen LogP) is 9.01. The lowest BCUT2D eigenvalue weighted by Gasteiger charge is -2.17. The van der Waals surface area contributed by atoms with Gasteiger partial charge in [0.15, 0.2) is 11.5 Å². The molecule has 0 heterocycles. The van der Waals surface area contributed by atoms with Crippen LogP contribution in [0.4, 0.5) is 5.69 Å². The molecule has 0 bridgehead atoms. The summed E-state index contributed by atoms with van der Waals surface area (Å²) in [5.74, 6) is 1.21. The van der Waals surface area contributed by atoms with Crippen LogP contribution in [-0.4, -0.2) is 12.5 Å². The van der Waals surface area contributed by atoms with Gasteiger partial charge in [0.25, 0.3) is 5.91 Å². The van der Waals surface area contributed by atoms with Crippen molar-refractivity contribution >= 4 is 44.4 Å². The zero-order valence-corrected chi connectivity index (χ0v) is 26.1. The van der Waals surface area contributed by atoms with Crippen LogP contribution in [0.1, 0.15) is 29.2 Å². The first-order valence-corrected chi connectivity index (χ1v) is 15.0. The number of nitrogens with zero attached hydrogens (tertiary/aromatic N) is 1. The van der Waals surface area contributed by atoms with E-state index in [1.54, 1.807) is 36.4 Å². The number of amides is 1. The number of ether oxygens (including phenoxy) is 3. The number of benzene rings is 5. The van der Waals surface area contributed by atoms with E-state index >= 15 is 0 Å². The van der Waals surface area contributed by atoms with E-state index in [4.69, 9.17) is 14.2 Å². The van der Waals surface area contributed by atoms with Crippen molar-refractivity contribution in [1.82, 2.24) is 0 Å². The summed E-state index contributed by atoms with van der Waals surface area (Å²) in [6.07, 6.45) is 1.53. The van der Waals surface area contributed by atoms with E-state index in [0.29, 0.717) is 52.8 Å². The molecular formula is C37H31BrN2O4. The van der Waals surface area contributed by atoms with Gasteiger partial charge in [-0.05, 0) is 99.7 Å². The Labute approximate surface area is 265 Å². The fourth-order valence-electron chi connectivity index (χ4n) is 4.74. The van der Waals surface area contributed by atoms with E-state index < -0.39 is 5.91 Å². The second-order valence-corrected chi connectivity index (χ2v) is 10.9. The number of hydrogen-bond acceptors (Lipinski definition) is 5. The van der Waals surface area contributed by atoms with Gasteiger partial charge in [-0.1, -0.05) is 66.7 Å². The van der Waals surface area contributed by atoms with E-state index in [0.717, 1.165) is 27.5 Å². The van der Waals surface area contributed by atoms with Gasteiger partial charge >= 0.3 is 0 Å². The van der Waals surface area contributed by atoms with Crippen molar-refractivity contribution in [2.45, 2.75) is 27.1 Å². The van der Waals surface area contributed by atoms with Crippen LogP contribution < -0.4 is 19.5 Å². The van der Waals surface area contributed by atoms with Crippen LogP contribution in [-0.2, 0) is 18.0 Å². The number of rotatable bonds is 11. The normalized spacial score (nSPS) is 11.1. The SMILES string of the molecule is CCOc1cc(/C=C(\C#N)C(=O)Nc2ccc(OCc3ccccc3)cc2)cc(Br)c1OCc1c(C)ccc2ccccc12. The molecule has 5 rings (SSSR count). The first-order chi connectivity index (χ1) is 21.4. The van der Waals surface area contributed by atoms with Crippen molar-refractivity contribution in [2.24, 2.45) is 0 Å². The Morgan fingerprint density at radius 2 is 1.64 bits per heavy atom. The van der Waals surface area contributed by atoms with E-state index in [9.17, 15) is 10.1 Å². The van der Waals surface area contributed by atoms with Gasteiger partial charge in [0, 0.05) is 11.3 Å². The van der Waals surface area contributed by atoms with Gasteiger partial charge in [-0.15, -0.1) is 0 Å². The smallest absolute Gasteiger partial charge is 0.266 e. The second-order valence-electron chi connectivity index (χ2n) is 10.1. The fourth-order valence-corrected chi connectivity index (χ4v) is 5.32. The summed E-state index contributed by atoms with van der Waals surface area (Å²) in [7, 11) is 0. The van der Waals surface area contributed by atoms with E-state index in [-0.39, 0.29) is 5.57 Å². The maximum Gasteiger partial charge on any atom is 0.266 e. The highest BCUT2D eigenvalue weighted by molar-refractivity contribution is 9.10. The molecule has 5 aromatic carbocycles. The maximum absolute atomic E-state index is 13.0. The lowest BCUT2D eigenvalue weighted by molar-refractivity contribution is -0.112. The average Bonchev–Trinajstić information content (AvgIpc) is 3.04. The lowest BCUT2D eigenvalue weighted by atomic mass is 10.0. The summed E-state index contributed by atoms with van der Waals surface area (Å²) >= 11 is 3.62. The van der Waals surface area contributed by atoms with Crippen LogP contribution in [0.5, 0.6) is 17.2 Å². The van der Waals surface area contributed by atoms with Crippen LogP contribution >= 0.6 is 15.9 Å². The number of anilines is 1. The molecule has 5 aromatic rings. The minimum atomic E-state index is -0.522. The van der Waals surface area contributed by atoms with Gasteiger partial charge in [-0.25, -0.2) is 0 Å². The number of hydrogen-bond donors (Lipinski definition) is 1. The van der Waals surface area contributed by atoms with Crippen LogP contribution in [0.2, 0.25) is 0 Å². The molecule has 0 spiro atoms. The molecule has 6 nitrogen and oxygen atoms in total. The average molecular weight is 648 g/mol. The second kappa shape index (κ2) is 14.4. The molecule has 1 amide bonds. The van der Waals surface area contributed by atoms with Gasteiger partial charge in [0.05, 0.1) is 11.1 Å². The number of fused-ring (bicyclic) bond motifs is 1. The molecule has 0 fully saturated rings. The summed E-state index contributed by atoms with van der Waals surface area (Å²) in [5, 5.41) is 14.9. The third-order valence-corrected chi connectivity index (χ3v) is 7.59. The Balaban J connectivity index is 1.30. The number of carbonyl (C=O) groups excluding carboxylic acids is 1. The van der Waals surface area contributed by atoms with E-state index in [2.05, 4.69) is 52.4 Å². The number of aryl methyl sites for hydroxylation is 1. The molecule has 0 aromatic heterocycles. The summed E-state index contributed by atoms with van der Waals surface area (Å²) in [6, 6.07) is 34.9. The van der Waals surface area contributed by atoms with Crippen molar-refractivity contribution in [1.29, 1.82) is 5.26 Å². The molecule has 0 aliphatic heterocycles. The van der Waals surface area contributed by atoms with Gasteiger partial charge < -0.3 is 19.5 Å². The molecule has 7 heteroatoms. The zero-order valence-electron chi connectivity index (χ0n) is 24.5. The predicted molar refractivity (Wildman–Crippen MR) is 178 cm³/mol. The number of nitriles is 1.